The van der Waals surface area contributed by atoms with E-state index in [4.69, 9.17) is 0 Å². The third-order valence-electron chi connectivity index (χ3n) is 3.33. The first kappa shape index (κ1) is 11.7. The zero-order chi connectivity index (χ0) is 13.1. The van der Waals surface area contributed by atoms with Gasteiger partial charge in [0.05, 0.1) is 6.04 Å². The molecule has 1 heterocycles. The van der Waals surface area contributed by atoms with Crippen molar-refractivity contribution in [2.24, 2.45) is 4.99 Å². The lowest BCUT2D eigenvalue weighted by Gasteiger charge is -2.12. The molecular weight excluding hydrogens is 230 g/mol. The van der Waals surface area contributed by atoms with E-state index in [1.54, 1.807) is 0 Å². The monoisotopic (exact) mass is 245 g/mol. The minimum atomic E-state index is 0.00907. The van der Waals surface area contributed by atoms with Crippen molar-refractivity contribution in [2.45, 2.75) is 6.04 Å². The van der Waals surface area contributed by atoms with E-state index in [1.165, 1.54) is 16.7 Å². The Morgan fingerprint density at radius 3 is 2.32 bits per heavy atom. The smallest absolute Gasteiger partial charge is 0.0933 e. The van der Waals surface area contributed by atoms with E-state index in [2.05, 4.69) is 60.1 Å². The van der Waals surface area contributed by atoms with Crippen LogP contribution in [-0.4, -0.2) is 12.3 Å². The van der Waals surface area contributed by atoms with Gasteiger partial charge in [0, 0.05) is 6.21 Å². The molecule has 92 valence electrons. The second-order valence-electron chi connectivity index (χ2n) is 4.55. The molecule has 3 rings (SSSR count). The first-order valence-electron chi connectivity index (χ1n) is 6.40. The molecule has 0 bridgehead atoms. The molecule has 0 N–H and O–H groups in total. The quantitative estimate of drug-likeness (QED) is 0.703. The lowest BCUT2D eigenvalue weighted by Crippen LogP contribution is -2.02. The summed E-state index contributed by atoms with van der Waals surface area (Å²) in [6.45, 7) is 3.91. The molecule has 0 spiro atoms. The summed E-state index contributed by atoms with van der Waals surface area (Å²) in [7, 11) is 0. The predicted molar refractivity (Wildman–Crippen MR) is 82.3 cm³/mol. The van der Waals surface area contributed by atoms with E-state index >= 15 is 0 Å². The second kappa shape index (κ2) is 5.07. The Morgan fingerprint density at radius 1 is 0.895 bits per heavy atom. The molecule has 0 radical (unpaired) electrons. The van der Waals surface area contributed by atoms with Crippen LogP contribution in [0.15, 0.2) is 72.2 Å². The van der Waals surface area contributed by atoms with Crippen molar-refractivity contribution in [3.05, 3.63) is 83.9 Å². The van der Waals surface area contributed by atoms with Gasteiger partial charge in [0.25, 0.3) is 0 Å². The maximum absolute atomic E-state index is 4.63. The average molecular weight is 245 g/mol. The Bertz CT molecular complexity index is 650. The van der Waals surface area contributed by atoms with Gasteiger partial charge in [0.1, 0.15) is 0 Å². The highest BCUT2D eigenvalue weighted by molar-refractivity contribution is 5.95. The average Bonchev–Trinajstić information content (AvgIpc) is 2.67. The van der Waals surface area contributed by atoms with Crippen LogP contribution in [0.25, 0.3) is 11.6 Å². The largest absolute Gasteiger partial charge is 0.280 e. The van der Waals surface area contributed by atoms with E-state index in [-0.39, 0.29) is 6.04 Å². The normalized spacial score (nSPS) is 17.3. The van der Waals surface area contributed by atoms with Gasteiger partial charge in [0.2, 0.25) is 0 Å². The lowest BCUT2D eigenvalue weighted by molar-refractivity contribution is 1.07. The molecule has 0 aliphatic carbocycles. The van der Waals surface area contributed by atoms with Gasteiger partial charge in [-0.15, -0.1) is 6.58 Å². The van der Waals surface area contributed by atoms with Crippen LogP contribution in [0.2, 0.25) is 0 Å². The van der Waals surface area contributed by atoms with Crippen LogP contribution in [-0.2, 0) is 0 Å². The molecule has 0 saturated carbocycles. The summed E-state index contributed by atoms with van der Waals surface area (Å²) in [4.78, 5) is 4.63. The predicted octanol–water partition coefficient (Wildman–Crippen LogP) is 4.21. The van der Waals surface area contributed by atoms with Gasteiger partial charge in [-0.25, -0.2) is 0 Å². The number of nitrogens with zero attached hydrogens (tertiary/aromatic N) is 1. The summed E-state index contributed by atoms with van der Waals surface area (Å²) in [5.74, 6) is 0. The molecule has 1 heteroatoms. The lowest BCUT2D eigenvalue weighted by atomic mass is 9.96. The Balaban J connectivity index is 2.18. The molecule has 19 heavy (non-hydrogen) atoms. The van der Waals surface area contributed by atoms with E-state index in [0.717, 1.165) is 5.56 Å². The van der Waals surface area contributed by atoms with E-state index in [0.29, 0.717) is 0 Å². The molecular formula is C18H15N. The van der Waals surface area contributed by atoms with Crippen molar-refractivity contribution < 1.29 is 0 Å². The minimum Gasteiger partial charge on any atom is -0.280 e. The van der Waals surface area contributed by atoms with Crippen LogP contribution in [0, 0.1) is 0 Å². The van der Waals surface area contributed by atoms with Gasteiger partial charge in [-0.3, -0.25) is 4.99 Å². The number of aliphatic imine (C=N–C) groups is 1. The molecule has 1 nitrogen and oxygen atoms in total. The highest BCUT2D eigenvalue weighted by atomic mass is 14.8. The molecule has 0 amide bonds. The molecule has 1 atom stereocenters. The number of hydrogen-bond acceptors (Lipinski definition) is 1. The number of rotatable bonds is 2. The molecule has 0 fully saturated rings. The number of hydrogen-bond donors (Lipinski definition) is 0. The van der Waals surface area contributed by atoms with Gasteiger partial charge < -0.3 is 0 Å². The number of benzene rings is 2. The second-order valence-corrected chi connectivity index (χ2v) is 4.55. The highest BCUT2D eigenvalue weighted by Crippen LogP contribution is 2.27. The van der Waals surface area contributed by atoms with Crippen LogP contribution in [0.5, 0.6) is 0 Å². The maximum Gasteiger partial charge on any atom is 0.0933 e. The Kier molecular flexibility index (Phi) is 3.11. The SMILES string of the molecule is C=CC1N=Cc2ccccc2C=C1c1ccccc1. The summed E-state index contributed by atoms with van der Waals surface area (Å²) < 4.78 is 0. The summed E-state index contributed by atoms with van der Waals surface area (Å²) in [6, 6.07) is 18.7. The molecule has 2 aromatic carbocycles. The maximum atomic E-state index is 4.63. The Hall–Kier alpha value is -2.41. The summed E-state index contributed by atoms with van der Waals surface area (Å²) >= 11 is 0. The Labute approximate surface area is 113 Å². The fourth-order valence-corrected chi connectivity index (χ4v) is 2.33. The standard InChI is InChI=1S/C18H15N/c1-2-18-17(14-8-4-3-5-9-14)12-15-10-6-7-11-16(15)13-19-18/h2-13,18H,1H2. The third-order valence-corrected chi connectivity index (χ3v) is 3.33. The van der Waals surface area contributed by atoms with Crippen molar-refractivity contribution in [1.29, 1.82) is 0 Å². The van der Waals surface area contributed by atoms with Gasteiger partial charge in [-0.1, -0.05) is 60.7 Å². The van der Waals surface area contributed by atoms with Crippen LogP contribution >= 0.6 is 0 Å². The summed E-state index contributed by atoms with van der Waals surface area (Å²) in [5, 5.41) is 0. The minimum absolute atomic E-state index is 0.00907. The van der Waals surface area contributed by atoms with E-state index < -0.39 is 0 Å². The third kappa shape index (κ3) is 2.27. The molecule has 0 saturated heterocycles. The van der Waals surface area contributed by atoms with E-state index in [9.17, 15) is 0 Å². The molecule has 0 aromatic heterocycles. The van der Waals surface area contributed by atoms with Gasteiger partial charge in [0.15, 0.2) is 0 Å². The summed E-state index contributed by atoms with van der Waals surface area (Å²) in [6.07, 6.45) is 6.04. The van der Waals surface area contributed by atoms with Crippen molar-refractivity contribution in [2.75, 3.05) is 0 Å². The van der Waals surface area contributed by atoms with Crippen molar-refractivity contribution >= 4 is 17.9 Å². The van der Waals surface area contributed by atoms with Crippen LogP contribution in [0.1, 0.15) is 16.7 Å². The summed E-state index contributed by atoms with van der Waals surface area (Å²) in [5.41, 5.74) is 4.74. The van der Waals surface area contributed by atoms with Gasteiger partial charge in [-0.2, -0.15) is 0 Å². The van der Waals surface area contributed by atoms with Gasteiger partial charge in [-0.05, 0) is 28.3 Å². The first-order chi connectivity index (χ1) is 9.38. The fourth-order valence-electron chi connectivity index (χ4n) is 2.33. The van der Waals surface area contributed by atoms with Crippen LogP contribution < -0.4 is 0 Å². The van der Waals surface area contributed by atoms with Gasteiger partial charge >= 0.3 is 0 Å². The van der Waals surface area contributed by atoms with Crippen molar-refractivity contribution in [1.82, 2.24) is 0 Å². The zero-order valence-electron chi connectivity index (χ0n) is 10.7. The van der Waals surface area contributed by atoms with Crippen molar-refractivity contribution in [3.63, 3.8) is 0 Å². The number of fused-ring (bicyclic) bond motifs is 1. The van der Waals surface area contributed by atoms with E-state index in [1.807, 2.05) is 24.4 Å². The molecule has 1 aliphatic rings. The topological polar surface area (TPSA) is 12.4 Å². The molecule has 1 unspecified atom stereocenters. The highest BCUT2D eigenvalue weighted by Gasteiger charge is 2.14. The molecule has 1 aliphatic heterocycles. The zero-order valence-corrected chi connectivity index (χ0v) is 10.7. The van der Waals surface area contributed by atoms with Crippen LogP contribution in [0.3, 0.4) is 0 Å². The van der Waals surface area contributed by atoms with Crippen molar-refractivity contribution in [3.8, 4) is 0 Å². The molecule has 2 aromatic rings. The first-order valence-corrected chi connectivity index (χ1v) is 6.40. The Morgan fingerprint density at radius 2 is 1.58 bits per heavy atom. The fraction of sp³-hybridized carbons (Fsp3) is 0.0556. The van der Waals surface area contributed by atoms with Crippen LogP contribution in [0.4, 0.5) is 0 Å².